The Morgan fingerprint density at radius 3 is 2.52 bits per heavy atom. The fourth-order valence-corrected chi connectivity index (χ4v) is 4.38. The number of hydrogen-bond donors (Lipinski definition) is 1. The highest BCUT2D eigenvalue weighted by Gasteiger charge is 2.29. The maximum absolute atomic E-state index is 12.7. The largest absolute Gasteiger partial charge is 0.339 e. The topological polar surface area (TPSA) is 88.3 Å². The molecule has 3 aromatic rings. The highest BCUT2D eigenvalue weighted by molar-refractivity contribution is 7.12. The lowest BCUT2D eigenvalue weighted by atomic mass is 9.96. The number of piperidine rings is 1. The second-order valence-corrected chi connectivity index (χ2v) is 8.13. The summed E-state index contributed by atoms with van der Waals surface area (Å²) in [6, 6.07) is 9.30. The Labute approximate surface area is 172 Å². The molecule has 0 aliphatic carbocycles. The van der Waals surface area contributed by atoms with Gasteiger partial charge in [-0.25, -0.2) is 0 Å². The number of thiophene rings is 1. The molecule has 0 saturated carbocycles. The van der Waals surface area contributed by atoms with E-state index in [2.05, 4.69) is 15.5 Å². The van der Waals surface area contributed by atoms with Crippen molar-refractivity contribution in [3.05, 3.63) is 52.0 Å². The highest BCUT2D eigenvalue weighted by Crippen LogP contribution is 2.30. The number of anilines is 1. The molecule has 7 nitrogen and oxygen atoms in total. The number of benzene rings is 1. The van der Waals surface area contributed by atoms with Crippen LogP contribution in [0.2, 0.25) is 0 Å². The van der Waals surface area contributed by atoms with E-state index in [0.29, 0.717) is 24.8 Å². The second-order valence-electron chi connectivity index (χ2n) is 7.21. The summed E-state index contributed by atoms with van der Waals surface area (Å²) in [4.78, 5) is 31.1. The van der Waals surface area contributed by atoms with Crippen LogP contribution in [0.25, 0.3) is 11.4 Å². The standard InChI is InChI=1S/C21H22N4O3S/c1-13-9-12-29-18(13)21(27)25-10-7-16(8-11-25)20-23-19(24-28-20)15-3-5-17(6-4-15)22-14(2)26/h3-6,9,12,16H,7-8,10-11H2,1-2H3,(H,22,26). The first-order valence-corrected chi connectivity index (χ1v) is 10.4. The van der Waals surface area contributed by atoms with Crippen LogP contribution >= 0.6 is 11.3 Å². The Balaban J connectivity index is 1.39. The third-order valence-electron chi connectivity index (χ3n) is 5.09. The molecular weight excluding hydrogens is 388 g/mol. The monoisotopic (exact) mass is 410 g/mol. The quantitative estimate of drug-likeness (QED) is 0.700. The number of rotatable bonds is 4. The molecule has 0 radical (unpaired) electrons. The molecule has 150 valence electrons. The molecule has 1 saturated heterocycles. The minimum absolute atomic E-state index is 0.112. The van der Waals surface area contributed by atoms with E-state index in [-0.39, 0.29) is 17.7 Å². The van der Waals surface area contributed by atoms with Crippen molar-refractivity contribution in [3.63, 3.8) is 0 Å². The summed E-state index contributed by atoms with van der Waals surface area (Å²) in [5.74, 6) is 1.30. The van der Waals surface area contributed by atoms with Gasteiger partial charge in [0.25, 0.3) is 5.91 Å². The number of nitrogens with zero attached hydrogens (tertiary/aromatic N) is 3. The summed E-state index contributed by atoms with van der Waals surface area (Å²) in [5.41, 5.74) is 2.59. The number of hydrogen-bond acceptors (Lipinski definition) is 6. The molecule has 0 bridgehead atoms. The second kappa shape index (κ2) is 8.16. The molecule has 8 heteroatoms. The first-order chi connectivity index (χ1) is 14.0. The van der Waals surface area contributed by atoms with Crippen molar-refractivity contribution >= 4 is 28.8 Å². The van der Waals surface area contributed by atoms with Crippen LogP contribution in [0.3, 0.4) is 0 Å². The van der Waals surface area contributed by atoms with Crippen molar-refractivity contribution in [2.45, 2.75) is 32.6 Å². The summed E-state index contributed by atoms with van der Waals surface area (Å²) in [7, 11) is 0. The Morgan fingerprint density at radius 2 is 1.90 bits per heavy atom. The number of aromatic nitrogens is 2. The van der Waals surface area contributed by atoms with E-state index in [1.54, 1.807) is 0 Å². The van der Waals surface area contributed by atoms with Gasteiger partial charge in [-0.15, -0.1) is 11.3 Å². The number of amides is 2. The first-order valence-electron chi connectivity index (χ1n) is 9.56. The molecule has 4 rings (SSSR count). The van der Waals surface area contributed by atoms with E-state index >= 15 is 0 Å². The van der Waals surface area contributed by atoms with Gasteiger partial charge in [0.2, 0.25) is 17.6 Å². The van der Waals surface area contributed by atoms with Gasteiger partial charge in [0.1, 0.15) is 0 Å². The van der Waals surface area contributed by atoms with E-state index in [4.69, 9.17) is 4.52 Å². The van der Waals surface area contributed by atoms with E-state index in [0.717, 1.165) is 34.5 Å². The normalized spacial score (nSPS) is 14.8. The average molecular weight is 410 g/mol. The van der Waals surface area contributed by atoms with Crippen LogP contribution in [-0.2, 0) is 4.79 Å². The molecule has 1 aromatic carbocycles. The van der Waals surface area contributed by atoms with Crippen molar-refractivity contribution in [2.75, 3.05) is 18.4 Å². The molecule has 1 aliphatic heterocycles. The Morgan fingerprint density at radius 1 is 1.17 bits per heavy atom. The van der Waals surface area contributed by atoms with Gasteiger partial charge in [-0.2, -0.15) is 4.98 Å². The van der Waals surface area contributed by atoms with Gasteiger partial charge in [0, 0.05) is 37.2 Å². The highest BCUT2D eigenvalue weighted by atomic mass is 32.1. The van der Waals surface area contributed by atoms with E-state index in [1.165, 1.54) is 18.3 Å². The average Bonchev–Trinajstić information content (AvgIpc) is 3.37. The smallest absolute Gasteiger partial charge is 0.264 e. The molecule has 29 heavy (non-hydrogen) atoms. The minimum Gasteiger partial charge on any atom is -0.339 e. The molecule has 0 unspecified atom stereocenters. The van der Waals surface area contributed by atoms with Gasteiger partial charge < -0.3 is 14.7 Å². The summed E-state index contributed by atoms with van der Waals surface area (Å²) in [5, 5.41) is 8.80. The van der Waals surface area contributed by atoms with Crippen LogP contribution in [0.4, 0.5) is 5.69 Å². The zero-order chi connectivity index (χ0) is 20.4. The number of carbonyl (C=O) groups is 2. The van der Waals surface area contributed by atoms with Crippen molar-refractivity contribution in [3.8, 4) is 11.4 Å². The number of carbonyl (C=O) groups excluding carboxylic acids is 2. The third-order valence-corrected chi connectivity index (χ3v) is 6.10. The van der Waals surface area contributed by atoms with Gasteiger partial charge in [0.15, 0.2) is 0 Å². The Kier molecular flexibility index (Phi) is 5.44. The lowest BCUT2D eigenvalue weighted by molar-refractivity contribution is -0.114. The summed E-state index contributed by atoms with van der Waals surface area (Å²) >= 11 is 1.50. The number of nitrogens with one attached hydrogen (secondary N) is 1. The van der Waals surface area contributed by atoms with Crippen LogP contribution in [0, 0.1) is 6.92 Å². The van der Waals surface area contributed by atoms with Gasteiger partial charge >= 0.3 is 0 Å². The first kappa shape index (κ1) is 19.3. The molecule has 1 aliphatic rings. The summed E-state index contributed by atoms with van der Waals surface area (Å²) in [6.45, 7) is 4.81. The van der Waals surface area contributed by atoms with E-state index in [9.17, 15) is 9.59 Å². The van der Waals surface area contributed by atoms with Crippen molar-refractivity contribution in [1.82, 2.24) is 15.0 Å². The number of likely N-dealkylation sites (tertiary alicyclic amines) is 1. The molecule has 3 heterocycles. The van der Waals surface area contributed by atoms with Crippen LogP contribution in [-0.4, -0.2) is 39.9 Å². The predicted molar refractivity (Wildman–Crippen MR) is 111 cm³/mol. The lowest BCUT2D eigenvalue weighted by Crippen LogP contribution is -2.37. The Hall–Kier alpha value is -3.00. The van der Waals surface area contributed by atoms with Gasteiger partial charge in [-0.05, 0) is 61.0 Å². The SMILES string of the molecule is CC(=O)Nc1ccc(-c2noc(C3CCN(C(=O)c4sccc4C)CC3)n2)cc1. The summed E-state index contributed by atoms with van der Waals surface area (Å²) < 4.78 is 5.51. The fraction of sp³-hybridized carbons (Fsp3) is 0.333. The van der Waals surface area contributed by atoms with Crippen LogP contribution in [0.5, 0.6) is 0 Å². The third kappa shape index (κ3) is 4.22. The maximum atomic E-state index is 12.7. The van der Waals surface area contributed by atoms with Crippen molar-refractivity contribution < 1.29 is 14.1 Å². The molecule has 1 fully saturated rings. The molecular formula is C21H22N4O3S. The van der Waals surface area contributed by atoms with Crippen LogP contribution in [0.15, 0.2) is 40.2 Å². The summed E-state index contributed by atoms with van der Waals surface area (Å²) in [6.07, 6.45) is 1.61. The predicted octanol–water partition coefficient (Wildman–Crippen LogP) is 4.08. The van der Waals surface area contributed by atoms with Crippen LogP contribution in [0.1, 0.15) is 46.8 Å². The van der Waals surface area contributed by atoms with E-state index < -0.39 is 0 Å². The van der Waals surface area contributed by atoms with Crippen molar-refractivity contribution in [2.24, 2.45) is 0 Å². The number of aryl methyl sites for hydroxylation is 1. The van der Waals surface area contributed by atoms with E-state index in [1.807, 2.05) is 47.5 Å². The minimum atomic E-state index is -0.112. The molecule has 0 spiro atoms. The van der Waals surface area contributed by atoms with Crippen molar-refractivity contribution in [1.29, 1.82) is 0 Å². The molecule has 2 aromatic heterocycles. The molecule has 2 amide bonds. The Bertz CT molecular complexity index is 1020. The molecule has 0 atom stereocenters. The van der Waals surface area contributed by atoms with Gasteiger partial charge in [-0.3, -0.25) is 9.59 Å². The molecule has 1 N–H and O–H groups in total. The zero-order valence-corrected chi connectivity index (χ0v) is 17.2. The maximum Gasteiger partial charge on any atom is 0.264 e. The lowest BCUT2D eigenvalue weighted by Gasteiger charge is -2.30. The van der Waals surface area contributed by atoms with Gasteiger partial charge in [-0.1, -0.05) is 5.16 Å². The zero-order valence-electron chi connectivity index (χ0n) is 16.3. The van der Waals surface area contributed by atoms with Gasteiger partial charge in [0.05, 0.1) is 4.88 Å². The van der Waals surface area contributed by atoms with Crippen LogP contribution < -0.4 is 5.32 Å². The fourth-order valence-electron chi connectivity index (χ4n) is 3.49.